The van der Waals surface area contributed by atoms with Gasteiger partial charge in [0.15, 0.2) is 0 Å². The van der Waals surface area contributed by atoms with Crippen LogP contribution in [0, 0.1) is 13.8 Å². The molecule has 1 amide bonds. The van der Waals surface area contributed by atoms with Crippen molar-refractivity contribution in [3.63, 3.8) is 0 Å². The van der Waals surface area contributed by atoms with Gasteiger partial charge in [-0.15, -0.1) is 0 Å². The standard InChI is InChI=1S/C12H11ClN4O3/c1-5-3-6(2)8(7(13)4-5)14-10(18)9-11(19)15-12(20)17-16-9/h3-4H,1-2H3,(H,14,18)(H2,15,17,19,20). The molecule has 1 aromatic carbocycles. The van der Waals surface area contributed by atoms with Gasteiger partial charge >= 0.3 is 5.69 Å². The third-order valence-electron chi connectivity index (χ3n) is 2.60. The number of anilines is 1. The number of aromatic nitrogens is 3. The highest BCUT2D eigenvalue weighted by atomic mass is 35.5. The van der Waals surface area contributed by atoms with Crippen molar-refractivity contribution in [2.24, 2.45) is 0 Å². The van der Waals surface area contributed by atoms with E-state index in [4.69, 9.17) is 11.6 Å². The Kier molecular flexibility index (Phi) is 3.71. The number of aromatic amines is 2. The van der Waals surface area contributed by atoms with Crippen molar-refractivity contribution < 1.29 is 4.79 Å². The van der Waals surface area contributed by atoms with Gasteiger partial charge in [0, 0.05) is 0 Å². The summed E-state index contributed by atoms with van der Waals surface area (Å²) in [6, 6.07) is 3.53. The molecule has 0 aliphatic rings. The number of amides is 1. The number of carbonyl (C=O) groups excluding carboxylic acids is 1. The highest BCUT2D eigenvalue weighted by Crippen LogP contribution is 2.27. The number of nitrogens with one attached hydrogen (secondary N) is 3. The summed E-state index contributed by atoms with van der Waals surface area (Å²) >= 11 is 6.05. The van der Waals surface area contributed by atoms with Crippen molar-refractivity contribution in [1.82, 2.24) is 15.2 Å². The maximum absolute atomic E-state index is 12.0. The summed E-state index contributed by atoms with van der Waals surface area (Å²) in [6.45, 7) is 3.65. The van der Waals surface area contributed by atoms with Gasteiger partial charge in [0.25, 0.3) is 11.5 Å². The maximum atomic E-state index is 12.0. The Balaban J connectivity index is 2.38. The molecule has 1 aromatic heterocycles. The normalized spacial score (nSPS) is 10.3. The predicted molar refractivity (Wildman–Crippen MR) is 74.4 cm³/mol. The zero-order valence-corrected chi connectivity index (χ0v) is 11.5. The fourth-order valence-corrected chi connectivity index (χ4v) is 2.12. The largest absolute Gasteiger partial charge is 0.342 e. The van der Waals surface area contributed by atoms with E-state index in [0.29, 0.717) is 10.7 Å². The van der Waals surface area contributed by atoms with Crippen molar-refractivity contribution in [3.05, 3.63) is 54.8 Å². The van der Waals surface area contributed by atoms with Crippen molar-refractivity contribution in [3.8, 4) is 0 Å². The molecule has 8 heteroatoms. The number of nitrogens with zero attached hydrogens (tertiary/aromatic N) is 1. The average Bonchev–Trinajstić information content (AvgIpc) is 2.33. The van der Waals surface area contributed by atoms with Crippen LogP contribution in [0.15, 0.2) is 21.7 Å². The number of rotatable bonds is 2. The first-order chi connectivity index (χ1) is 9.38. The molecule has 0 saturated heterocycles. The van der Waals surface area contributed by atoms with Crippen LogP contribution in [-0.4, -0.2) is 21.1 Å². The molecule has 0 spiro atoms. The van der Waals surface area contributed by atoms with Crippen LogP contribution in [0.4, 0.5) is 5.69 Å². The lowest BCUT2D eigenvalue weighted by atomic mass is 10.1. The number of hydrogen-bond acceptors (Lipinski definition) is 4. The molecular weight excluding hydrogens is 284 g/mol. The first-order valence-corrected chi connectivity index (χ1v) is 6.03. The van der Waals surface area contributed by atoms with Gasteiger partial charge in [0.05, 0.1) is 10.7 Å². The van der Waals surface area contributed by atoms with Gasteiger partial charge in [-0.25, -0.2) is 9.89 Å². The summed E-state index contributed by atoms with van der Waals surface area (Å²) in [5, 5.41) is 8.27. The molecule has 2 aromatic rings. The Labute approximate surface area is 118 Å². The molecule has 104 valence electrons. The zero-order valence-electron chi connectivity index (χ0n) is 10.7. The van der Waals surface area contributed by atoms with Crippen LogP contribution in [0.3, 0.4) is 0 Å². The van der Waals surface area contributed by atoms with Gasteiger partial charge in [-0.05, 0) is 31.0 Å². The average molecular weight is 295 g/mol. The third-order valence-corrected chi connectivity index (χ3v) is 2.89. The van der Waals surface area contributed by atoms with E-state index in [-0.39, 0.29) is 0 Å². The summed E-state index contributed by atoms with van der Waals surface area (Å²) < 4.78 is 0. The summed E-state index contributed by atoms with van der Waals surface area (Å²) in [7, 11) is 0. The minimum Gasteiger partial charge on any atom is -0.319 e. The van der Waals surface area contributed by atoms with Gasteiger partial charge in [-0.2, -0.15) is 5.10 Å². The Morgan fingerprint density at radius 1 is 1.30 bits per heavy atom. The Morgan fingerprint density at radius 3 is 2.60 bits per heavy atom. The minimum absolute atomic E-state index is 0.358. The Bertz CT molecular complexity index is 771. The summed E-state index contributed by atoms with van der Waals surface area (Å²) in [6.07, 6.45) is 0. The number of carbonyl (C=O) groups is 1. The number of aryl methyl sites for hydroxylation is 2. The Hall–Kier alpha value is -2.41. The molecule has 20 heavy (non-hydrogen) atoms. The molecule has 0 bridgehead atoms. The second kappa shape index (κ2) is 5.30. The topological polar surface area (TPSA) is 108 Å². The fraction of sp³-hybridized carbons (Fsp3) is 0.167. The molecule has 0 unspecified atom stereocenters. The van der Waals surface area contributed by atoms with Crippen LogP contribution in [0.25, 0.3) is 0 Å². The molecule has 0 fully saturated rings. The molecule has 2 rings (SSSR count). The van der Waals surface area contributed by atoms with Crippen LogP contribution < -0.4 is 16.6 Å². The first kappa shape index (κ1) is 14.0. The van der Waals surface area contributed by atoms with E-state index >= 15 is 0 Å². The van der Waals surface area contributed by atoms with Crippen molar-refractivity contribution >= 4 is 23.2 Å². The van der Waals surface area contributed by atoms with Gasteiger partial charge in [-0.3, -0.25) is 14.6 Å². The number of benzene rings is 1. The van der Waals surface area contributed by atoms with Crippen LogP contribution >= 0.6 is 11.6 Å². The quantitative estimate of drug-likeness (QED) is 0.767. The second-order valence-corrected chi connectivity index (χ2v) is 4.66. The Morgan fingerprint density at radius 2 is 2.00 bits per heavy atom. The van der Waals surface area contributed by atoms with Crippen LogP contribution in [0.2, 0.25) is 5.02 Å². The van der Waals surface area contributed by atoms with Gasteiger partial charge in [0.1, 0.15) is 0 Å². The van der Waals surface area contributed by atoms with Crippen molar-refractivity contribution in [1.29, 1.82) is 0 Å². The highest BCUT2D eigenvalue weighted by molar-refractivity contribution is 6.34. The van der Waals surface area contributed by atoms with Crippen LogP contribution in [0.5, 0.6) is 0 Å². The molecule has 0 radical (unpaired) electrons. The second-order valence-electron chi connectivity index (χ2n) is 4.25. The number of H-pyrrole nitrogens is 2. The molecule has 0 atom stereocenters. The lowest BCUT2D eigenvalue weighted by Crippen LogP contribution is -2.32. The third kappa shape index (κ3) is 2.77. The predicted octanol–water partition coefficient (Wildman–Crippen LogP) is 0.981. The first-order valence-electron chi connectivity index (χ1n) is 5.65. The van der Waals surface area contributed by atoms with Crippen molar-refractivity contribution in [2.45, 2.75) is 13.8 Å². The monoisotopic (exact) mass is 294 g/mol. The SMILES string of the molecule is Cc1cc(C)c(NC(=O)c2n[nH]c(=O)[nH]c2=O)c(Cl)c1. The molecule has 1 heterocycles. The van der Waals surface area contributed by atoms with Crippen LogP contribution in [-0.2, 0) is 0 Å². The molecule has 0 aliphatic carbocycles. The van der Waals surface area contributed by atoms with Gasteiger partial charge < -0.3 is 5.32 Å². The number of hydrogen-bond donors (Lipinski definition) is 3. The highest BCUT2D eigenvalue weighted by Gasteiger charge is 2.16. The van der Waals surface area contributed by atoms with E-state index in [1.54, 1.807) is 13.0 Å². The van der Waals surface area contributed by atoms with Gasteiger partial charge in [-0.1, -0.05) is 17.7 Å². The lowest BCUT2D eigenvalue weighted by molar-refractivity contribution is 0.101. The maximum Gasteiger partial charge on any atom is 0.342 e. The molecule has 7 nitrogen and oxygen atoms in total. The van der Waals surface area contributed by atoms with E-state index < -0.39 is 22.9 Å². The van der Waals surface area contributed by atoms with E-state index in [1.165, 1.54) is 0 Å². The van der Waals surface area contributed by atoms with E-state index in [1.807, 2.05) is 23.1 Å². The van der Waals surface area contributed by atoms with Crippen LogP contribution in [0.1, 0.15) is 21.6 Å². The summed E-state index contributed by atoms with van der Waals surface area (Å²) in [5.41, 5.74) is 0.00765. The molecule has 0 aliphatic heterocycles. The summed E-state index contributed by atoms with van der Waals surface area (Å²) in [4.78, 5) is 36.2. The lowest BCUT2D eigenvalue weighted by Gasteiger charge is -2.10. The van der Waals surface area contributed by atoms with Crippen molar-refractivity contribution in [2.75, 3.05) is 5.32 Å². The van der Waals surface area contributed by atoms with E-state index in [2.05, 4.69) is 10.4 Å². The molecule has 3 N–H and O–H groups in total. The zero-order chi connectivity index (χ0) is 14.9. The van der Waals surface area contributed by atoms with E-state index in [9.17, 15) is 14.4 Å². The number of halogens is 1. The summed E-state index contributed by atoms with van der Waals surface area (Å²) in [5.74, 6) is -0.753. The minimum atomic E-state index is -0.868. The smallest absolute Gasteiger partial charge is 0.319 e. The molecular formula is C12H11ClN4O3. The molecule has 0 saturated carbocycles. The van der Waals surface area contributed by atoms with Gasteiger partial charge in [0.2, 0.25) is 5.69 Å². The van der Waals surface area contributed by atoms with E-state index in [0.717, 1.165) is 11.1 Å². The fourth-order valence-electron chi connectivity index (χ4n) is 1.75.